The fourth-order valence-corrected chi connectivity index (χ4v) is 6.07. The summed E-state index contributed by atoms with van der Waals surface area (Å²) in [6.45, 7) is 9.66. The standard InChI is InChI=1S/C36H38F2N6O4/c1-23(33-28-20-31(47-2)32(21-30(28)40-22-41-33)48-18-4-15-44-16-13-39-14-17-44)27-10-9-26(19-29(27)38)43-35(46)36(11-3-12-36)34(45)42-25-7-5-24(37)6-8-25/h5-10,19-22,39H,1,3-4,11-18H2,2H3,(H,42,45)(H,43,46). The van der Waals surface area contributed by atoms with Gasteiger partial charge in [0.15, 0.2) is 11.5 Å². The van der Waals surface area contributed by atoms with Crippen molar-refractivity contribution < 1.29 is 27.8 Å². The van der Waals surface area contributed by atoms with E-state index in [9.17, 15) is 14.0 Å². The van der Waals surface area contributed by atoms with E-state index in [1.54, 1.807) is 25.3 Å². The number of aromatic nitrogens is 2. The zero-order chi connectivity index (χ0) is 33.7. The molecule has 2 aliphatic rings. The van der Waals surface area contributed by atoms with Crippen LogP contribution < -0.4 is 25.4 Å². The molecule has 250 valence electrons. The van der Waals surface area contributed by atoms with Gasteiger partial charge < -0.3 is 30.3 Å². The average molecular weight is 657 g/mol. The number of hydrogen-bond donors (Lipinski definition) is 3. The molecule has 4 aromatic rings. The summed E-state index contributed by atoms with van der Waals surface area (Å²) in [4.78, 5) is 37.7. The molecule has 2 fully saturated rings. The second kappa shape index (κ2) is 14.4. The highest BCUT2D eigenvalue weighted by Crippen LogP contribution is 2.43. The van der Waals surface area contributed by atoms with Crippen molar-refractivity contribution in [2.75, 3.05) is 57.1 Å². The van der Waals surface area contributed by atoms with Gasteiger partial charge in [-0.05, 0) is 67.8 Å². The Bertz CT molecular complexity index is 1820. The van der Waals surface area contributed by atoms with Crippen LogP contribution in [0.3, 0.4) is 0 Å². The molecule has 48 heavy (non-hydrogen) atoms. The van der Waals surface area contributed by atoms with Gasteiger partial charge in [-0.1, -0.05) is 13.0 Å². The number of ether oxygens (including phenoxy) is 2. The maximum atomic E-state index is 15.6. The van der Waals surface area contributed by atoms with Crippen LogP contribution in [-0.4, -0.2) is 73.1 Å². The van der Waals surface area contributed by atoms with Crippen LogP contribution in [0.15, 0.2) is 67.5 Å². The Balaban J connectivity index is 1.14. The van der Waals surface area contributed by atoms with Crippen molar-refractivity contribution in [3.63, 3.8) is 0 Å². The summed E-state index contributed by atoms with van der Waals surface area (Å²) < 4.78 is 40.6. The van der Waals surface area contributed by atoms with E-state index in [0.29, 0.717) is 65.2 Å². The lowest BCUT2D eigenvalue weighted by atomic mass is 9.67. The highest BCUT2D eigenvalue weighted by molar-refractivity contribution is 6.15. The number of anilines is 2. The Kier molecular flexibility index (Phi) is 9.93. The summed E-state index contributed by atoms with van der Waals surface area (Å²) in [5, 5.41) is 9.37. The molecule has 1 aliphatic carbocycles. The van der Waals surface area contributed by atoms with E-state index in [4.69, 9.17) is 9.47 Å². The lowest BCUT2D eigenvalue weighted by molar-refractivity contribution is -0.142. The van der Waals surface area contributed by atoms with E-state index in [1.165, 1.54) is 42.7 Å². The number of methoxy groups -OCH3 is 1. The first-order chi connectivity index (χ1) is 23.3. The molecule has 0 spiro atoms. The van der Waals surface area contributed by atoms with Crippen LogP contribution in [0.1, 0.15) is 36.9 Å². The van der Waals surface area contributed by atoms with Gasteiger partial charge in [0.2, 0.25) is 11.8 Å². The summed E-state index contributed by atoms with van der Waals surface area (Å²) in [5.41, 5.74) is 0.793. The number of hydrogen-bond acceptors (Lipinski definition) is 8. The number of amides is 2. The summed E-state index contributed by atoms with van der Waals surface area (Å²) >= 11 is 0. The largest absolute Gasteiger partial charge is 0.493 e. The number of nitrogens with zero attached hydrogens (tertiary/aromatic N) is 3. The van der Waals surface area contributed by atoms with Gasteiger partial charge in [-0.2, -0.15) is 0 Å². The van der Waals surface area contributed by atoms with Crippen LogP contribution >= 0.6 is 0 Å². The second-order valence-corrected chi connectivity index (χ2v) is 12.1. The van der Waals surface area contributed by atoms with E-state index in [2.05, 4.69) is 37.4 Å². The summed E-state index contributed by atoms with van der Waals surface area (Å²) in [7, 11) is 1.56. The van der Waals surface area contributed by atoms with Crippen LogP contribution in [0.25, 0.3) is 16.5 Å². The van der Waals surface area contributed by atoms with Gasteiger partial charge in [-0.3, -0.25) is 9.59 Å². The average Bonchev–Trinajstić information content (AvgIpc) is 3.07. The van der Waals surface area contributed by atoms with Crippen LogP contribution in [-0.2, 0) is 9.59 Å². The van der Waals surface area contributed by atoms with Crippen LogP contribution in [0.4, 0.5) is 20.2 Å². The highest BCUT2D eigenvalue weighted by Gasteiger charge is 2.51. The molecule has 6 rings (SSSR count). The summed E-state index contributed by atoms with van der Waals surface area (Å²) in [5.74, 6) is -1.02. The number of rotatable bonds is 12. The van der Waals surface area contributed by atoms with Gasteiger partial charge in [0.05, 0.1) is 24.9 Å². The Hall–Kier alpha value is -4.94. The molecule has 0 atom stereocenters. The van der Waals surface area contributed by atoms with Gasteiger partial charge in [-0.15, -0.1) is 0 Å². The Morgan fingerprint density at radius 3 is 2.33 bits per heavy atom. The molecule has 10 nitrogen and oxygen atoms in total. The third-order valence-corrected chi connectivity index (χ3v) is 9.02. The molecule has 1 aliphatic heterocycles. The maximum Gasteiger partial charge on any atom is 0.240 e. The number of piperazine rings is 1. The minimum Gasteiger partial charge on any atom is -0.493 e. The molecule has 1 aromatic heterocycles. The Morgan fingerprint density at radius 1 is 0.958 bits per heavy atom. The molecule has 3 aromatic carbocycles. The van der Waals surface area contributed by atoms with E-state index in [-0.39, 0.29) is 11.3 Å². The molecule has 0 unspecified atom stereocenters. The monoisotopic (exact) mass is 656 g/mol. The normalized spacial score (nSPS) is 15.7. The molecule has 0 bridgehead atoms. The second-order valence-electron chi connectivity index (χ2n) is 12.1. The lowest BCUT2D eigenvalue weighted by Crippen LogP contribution is -2.50. The Labute approximate surface area is 277 Å². The summed E-state index contributed by atoms with van der Waals surface area (Å²) in [6, 6.07) is 13.1. The van der Waals surface area contributed by atoms with Crippen LogP contribution in [0, 0.1) is 17.0 Å². The van der Waals surface area contributed by atoms with Crippen molar-refractivity contribution in [2.45, 2.75) is 25.7 Å². The number of carbonyl (C=O) groups excluding carboxylic acids is 2. The summed E-state index contributed by atoms with van der Waals surface area (Å²) in [6.07, 6.45) is 3.64. The fourth-order valence-electron chi connectivity index (χ4n) is 6.07. The molecule has 1 saturated carbocycles. The predicted octanol–water partition coefficient (Wildman–Crippen LogP) is 5.40. The first-order valence-electron chi connectivity index (χ1n) is 16.0. The quantitative estimate of drug-likeness (QED) is 0.137. The topological polar surface area (TPSA) is 118 Å². The van der Waals surface area contributed by atoms with E-state index in [1.807, 2.05) is 0 Å². The molecular weight excluding hydrogens is 618 g/mol. The third-order valence-electron chi connectivity index (χ3n) is 9.02. The van der Waals surface area contributed by atoms with E-state index < -0.39 is 28.9 Å². The molecule has 3 N–H and O–H groups in total. The van der Waals surface area contributed by atoms with Crippen LogP contribution in [0.2, 0.25) is 0 Å². The minimum absolute atomic E-state index is 0.188. The number of nitrogens with one attached hydrogen (secondary N) is 3. The van der Waals surface area contributed by atoms with E-state index >= 15 is 4.39 Å². The molecule has 2 heterocycles. The smallest absolute Gasteiger partial charge is 0.240 e. The number of fused-ring (bicyclic) bond motifs is 1. The first kappa shape index (κ1) is 33.0. The molecule has 0 radical (unpaired) electrons. The number of carbonyl (C=O) groups is 2. The van der Waals surface area contributed by atoms with Crippen molar-refractivity contribution in [3.05, 3.63) is 90.4 Å². The van der Waals surface area contributed by atoms with Crippen LogP contribution in [0.5, 0.6) is 11.5 Å². The van der Waals surface area contributed by atoms with Crippen molar-refractivity contribution in [3.8, 4) is 11.5 Å². The number of benzene rings is 3. The lowest BCUT2D eigenvalue weighted by Gasteiger charge is -2.38. The maximum absolute atomic E-state index is 15.6. The Morgan fingerprint density at radius 2 is 1.67 bits per heavy atom. The molecular formula is C36H38F2N6O4. The zero-order valence-electron chi connectivity index (χ0n) is 26.8. The van der Waals surface area contributed by atoms with Gasteiger partial charge in [-0.25, -0.2) is 18.7 Å². The molecule has 1 saturated heterocycles. The molecule has 2 amide bonds. The SMILES string of the molecule is C=C(c1ccc(NC(=O)C2(C(=O)Nc3ccc(F)cc3)CCC2)cc1F)c1ncnc2cc(OCCCN3CCNCC3)c(OC)cc12. The van der Waals surface area contributed by atoms with Gasteiger partial charge >= 0.3 is 0 Å². The zero-order valence-corrected chi connectivity index (χ0v) is 26.8. The first-order valence-corrected chi connectivity index (χ1v) is 16.0. The van der Waals surface area contributed by atoms with Gasteiger partial charge in [0.1, 0.15) is 23.4 Å². The van der Waals surface area contributed by atoms with Crippen molar-refractivity contribution >= 4 is 39.7 Å². The fraction of sp³-hybridized carbons (Fsp3) is 0.333. The third kappa shape index (κ3) is 6.99. The van der Waals surface area contributed by atoms with Gasteiger partial charge in [0, 0.05) is 66.7 Å². The highest BCUT2D eigenvalue weighted by atomic mass is 19.1. The molecule has 12 heteroatoms. The van der Waals surface area contributed by atoms with Crippen molar-refractivity contribution in [2.24, 2.45) is 5.41 Å². The van der Waals surface area contributed by atoms with Crippen molar-refractivity contribution in [1.29, 1.82) is 0 Å². The van der Waals surface area contributed by atoms with Gasteiger partial charge in [0.25, 0.3) is 0 Å². The number of halogens is 2. The predicted molar refractivity (Wildman–Crippen MR) is 180 cm³/mol. The van der Waals surface area contributed by atoms with Crippen molar-refractivity contribution in [1.82, 2.24) is 20.2 Å². The van der Waals surface area contributed by atoms with E-state index in [0.717, 1.165) is 39.1 Å². The minimum atomic E-state index is -1.31.